The Morgan fingerprint density at radius 3 is 2.47 bits per heavy atom. The van der Waals surface area contributed by atoms with Crippen LogP contribution in [0.25, 0.3) is 5.76 Å². The number of ether oxygens (including phenoxy) is 1. The minimum absolute atomic E-state index is 0.199. The fraction of sp³-hybridized carbons (Fsp3) is 0.333. The summed E-state index contributed by atoms with van der Waals surface area (Å²) in [6, 6.07) is 2.01. The van der Waals surface area contributed by atoms with Gasteiger partial charge in [0.25, 0.3) is 0 Å². The summed E-state index contributed by atoms with van der Waals surface area (Å²) in [7, 11) is 0. The molecule has 0 fully saturated rings. The van der Waals surface area contributed by atoms with E-state index in [9.17, 15) is 13.2 Å². The Kier molecular flexibility index (Phi) is 3.28. The molecule has 15 heavy (non-hydrogen) atoms. The van der Waals surface area contributed by atoms with E-state index in [2.05, 4.69) is 16.8 Å². The van der Waals surface area contributed by atoms with E-state index in [-0.39, 0.29) is 11.5 Å². The predicted octanol–water partition coefficient (Wildman–Crippen LogP) is 2.50. The van der Waals surface area contributed by atoms with Gasteiger partial charge >= 0.3 is 6.18 Å². The SMILES string of the molecule is C=C(OCC)c1ccc(C(F)(F)F)nn1. The van der Waals surface area contributed by atoms with Crippen molar-refractivity contribution in [2.45, 2.75) is 13.1 Å². The number of rotatable bonds is 3. The quantitative estimate of drug-likeness (QED) is 0.731. The van der Waals surface area contributed by atoms with Crippen molar-refractivity contribution in [3.8, 4) is 0 Å². The molecule has 0 atom stereocenters. The highest BCUT2D eigenvalue weighted by Crippen LogP contribution is 2.27. The Hall–Kier alpha value is -1.59. The zero-order chi connectivity index (χ0) is 11.5. The van der Waals surface area contributed by atoms with Gasteiger partial charge in [-0.2, -0.15) is 13.2 Å². The van der Waals surface area contributed by atoms with E-state index in [0.29, 0.717) is 6.61 Å². The zero-order valence-electron chi connectivity index (χ0n) is 8.01. The first-order chi connectivity index (χ1) is 6.95. The van der Waals surface area contributed by atoms with Crippen LogP contribution in [-0.4, -0.2) is 16.8 Å². The topological polar surface area (TPSA) is 35.0 Å². The molecule has 1 rings (SSSR count). The third kappa shape index (κ3) is 2.93. The van der Waals surface area contributed by atoms with Crippen molar-refractivity contribution in [1.29, 1.82) is 0 Å². The first kappa shape index (κ1) is 11.5. The average molecular weight is 218 g/mol. The Morgan fingerprint density at radius 1 is 1.40 bits per heavy atom. The molecule has 1 aromatic rings. The van der Waals surface area contributed by atoms with Crippen LogP contribution in [-0.2, 0) is 10.9 Å². The smallest absolute Gasteiger partial charge is 0.435 e. The highest BCUT2D eigenvalue weighted by Gasteiger charge is 2.32. The van der Waals surface area contributed by atoms with Crippen molar-refractivity contribution in [3.05, 3.63) is 30.1 Å². The van der Waals surface area contributed by atoms with E-state index >= 15 is 0 Å². The average Bonchev–Trinajstić information content (AvgIpc) is 2.17. The second-order valence-electron chi connectivity index (χ2n) is 2.66. The molecular weight excluding hydrogens is 209 g/mol. The molecule has 0 aliphatic heterocycles. The van der Waals surface area contributed by atoms with Crippen LogP contribution >= 0.6 is 0 Å². The molecule has 0 radical (unpaired) electrons. The van der Waals surface area contributed by atoms with E-state index < -0.39 is 11.9 Å². The molecule has 0 saturated heterocycles. The Bertz CT molecular complexity index is 345. The molecule has 1 aromatic heterocycles. The molecule has 6 heteroatoms. The number of hydrogen-bond donors (Lipinski definition) is 0. The van der Waals surface area contributed by atoms with Gasteiger partial charge in [0.15, 0.2) is 5.69 Å². The molecule has 82 valence electrons. The van der Waals surface area contributed by atoms with Crippen molar-refractivity contribution in [3.63, 3.8) is 0 Å². The maximum absolute atomic E-state index is 12.1. The van der Waals surface area contributed by atoms with Gasteiger partial charge in [0.2, 0.25) is 0 Å². The van der Waals surface area contributed by atoms with Crippen LogP contribution < -0.4 is 0 Å². The fourth-order valence-corrected chi connectivity index (χ4v) is 0.880. The largest absolute Gasteiger partial charge is 0.492 e. The molecule has 0 aromatic carbocycles. The summed E-state index contributed by atoms with van der Waals surface area (Å²) < 4.78 is 41.3. The van der Waals surface area contributed by atoms with Crippen LogP contribution in [0.3, 0.4) is 0 Å². The number of halogens is 3. The maximum atomic E-state index is 12.1. The first-order valence-electron chi connectivity index (χ1n) is 4.18. The molecule has 0 amide bonds. The summed E-state index contributed by atoms with van der Waals surface area (Å²) in [5.74, 6) is 0.207. The van der Waals surface area contributed by atoms with E-state index in [1.807, 2.05) is 0 Å². The van der Waals surface area contributed by atoms with E-state index in [0.717, 1.165) is 6.07 Å². The van der Waals surface area contributed by atoms with Gasteiger partial charge in [0.1, 0.15) is 11.5 Å². The van der Waals surface area contributed by atoms with Gasteiger partial charge in [-0.05, 0) is 19.1 Å². The molecule has 3 nitrogen and oxygen atoms in total. The molecule has 0 N–H and O–H groups in total. The monoisotopic (exact) mass is 218 g/mol. The van der Waals surface area contributed by atoms with Gasteiger partial charge < -0.3 is 4.74 Å². The second kappa shape index (κ2) is 4.29. The van der Waals surface area contributed by atoms with Crippen LogP contribution in [0, 0.1) is 0 Å². The third-order valence-corrected chi connectivity index (χ3v) is 1.56. The Labute approximate surface area is 84.6 Å². The number of nitrogens with zero attached hydrogens (tertiary/aromatic N) is 2. The predicted molar refractivity (Wildman–Crippen MR) is 47.7 cm³/mol. The summed E-state index contributed by atoms with van der Waals surface area (Å²) in [5, 5.41) is 6.41. The summed E-state index contributed by atoms with van der Waals surface area (Å²) in [6.07, 6.45) is -4.47. The fourth-order valence-electron chi connectivity index (χ4n) is 0.880. The molecule has 1 heterocycles. The lowest BCUT2D eigenvalue weighted by Gasteiger charge is -2.07. The van der Waals surface area contributed by atoms with Crippen molar-refractivity contribution >= 4 is 5.76 Å². The molecular formula is C9H9F3N2O. The number of aromatic nitrogens is 2. The number of alkyl halides is 3. The normalized spacial score (nSPS) is 11.2. The third-order valence-electron chi connectivity index (χ3n) is 1.56. The van der Waals surface area contributed by atoms with Gasteiger partial charge in [-0.25, -0.2) is 0 Å². The van der Waals surface area contributed by atoms with Gasteiger partial charge in [-0.3, -0.25) is 0 Å². The lowest BCUT2D eigenvalue weighted by molar-refractivity contribution is -0.141. The molecule has 0 bridgehead atoms. The summed E-state index contributed by atoms with van der Waals surface area (Å²) in [6.45, 7) is 5.62. The van der Waals surface area contributed by atoms with Gasteiger partial charge in [-0.1, -0.05) is 6.58 Å². The van der Waals surface area contributed by atoms with Crippen molar-refractivity contribution in [2.24, 2.45) is 0 Å². The molecule has 0 unspecified atom stereocenters. The lowest BCUT2D eigenvalue weighted by atomic mass is 10.3. The van der Waals surface area contributed by atoms with E-state index in [4.69, 9.17) is 4.74 Å². The summed E-state index contributed by atoms with van der Waals surface area (Å²) in [5.41, 5.74) is -0.833. The maximum Gasteiger partial charge on any atom is 0.435 e. The van der Waals surface area contributed by atoms with Gasteiger partial charge in [0.05, 0.1) is 6.61 Å². The highest BCUT2D eigenvalue weighted by molar-refractivity contribution is 5.52. The minimum Gasteiger partial charge on any atom is -0.492 e. The summed E-state index contributed by atoms with van der Waals surface area (Å²) >= 11 is 0. The lowest BCUT2D eigenvalue weighted by Crippen LogP contribution is -2.09. The highest BCUT2D eigenvalue weighted by atomic mass is 19.4. The van der Waals surface area contributed by atoms with E-state index in [1.165, 1.54) is 6.07 Å². The molecule has 0 saturated carbocycles. The van der Waals surface area contributed by atoms with Gasteiger partial charge in [-0.15, -0.1) is 10.2 Å². The second-order valence-corrected chi connectivity index (χ2v) is 2.66. The Balaban J connectivity index is 2.86. The van der Waals surface area contributed by atoms with Crippen LogP contribution in [0.15, 0.2) is 18.7 Å². The van der Waals surface area contributed by atoms with Crippen LogP contribution in [0.5, 0.6) is 0 Å². The standard InChI is InChI=1S/C9H9F3N2O/c1-3-15-6(2)7-4-5-8(14-13-7)9(10,11)12/h4-5H,2-3H2,1H3. The van der Waals surface area contributed by atoms with Crippen molar-refractivity contribution < 1.29 is 17.9 Å². The Morgan fingerprint density at radius 2 is 2.07 bits per heavy atom. The molecule has 0 aliphatic carbocycles. The van der Waals surface area contributed by atoms with Crippen LogP contribution in [0.2, 0.25) is 0 Å². The zero-order valence-corrected chi connectivity index (χ0v) is 8.01. The molecule has 0 aliphatic rings. The van der Waals surface area contributed by atoms with E-state index in [1.54, 1.807) is 6.92 Å². The molecule has 0 spiro atoms. The summed E-state index contributed by atoms with van der Waals surface area (Å²) in [4.78, 5) is 0. The van der Waals surface area contributed by atoms with Crippen LogP contribution in [0.1, 0.15) is 18.3 Å². The first-order valence-corrected chi connectivity index (χ1v) is 4.18. The van der Waals surface area contributed by atoms with Crippen molar-refractivity contribution in [1.82, 2.24) is 10.2 Å². The van der Waals surface area contributed by atoms with Crippen molar-refractivity contribution in [2.75, 3.05) is 6.61 Å². The van der Waals surface area contributed by atoms with Crippen LogP contribution in [0.4, 0.5) is 13.2 Å². The van der Waals surface area contributed by atoms with Gasteiger partial charge in [0, 0.05) is 0 Å². The minimum atomic E-state index is -4.47. The number of hydrogen-bond acceptors (Lipinski definition) is 3.